The molecule has 1 unspecified atom stereocenters. The summed E-state index contributed by atoms with van der Waals surface area (Å²) in [7, 11) is 0. The van der Waals surface area contributed by atoms with Crippen molar-refractivity contribution in [2.24, 2.45) is 11.3 Å². The van der Waals surface area contributed by atoms with Crippen molar-refractivity contribution in [2.75, 3.05) is 32.7 Å². The van der Waals surface area contributed by atoms with Crippen molar-refractivity contribution in [3.63, 3.8) is 0 Å². The first-order valence-electron chi connectivity index (χ1n) is 11.9. The summed E-state index contributed by atoms with van der Waals surface area (Å²) in [6.45, 7) is 20.1. The van der Waals surface area contributed by atoms with E-state index in [-0.39, 0.29) is 5.41 Å². The standard InChI is InChI=1S/C26H39N3O/c1-24(2,3)23-20-8-7-19-13-18(14-21(19)22(20)30-27-23)15-28-16-26(17-28)9-11-29(12-10-26)25(4,5)6/h7-8,18H,9-17H2,1-6H3. The Bertz CT molecular complexity index is 930. The smallest absolute Gasteiger partial charge is 0.170 e. The number of aromatic nitrogens is 1. The second kappa shape index (κ2) is 6.80. The van der Waals surface area contributed by atoms with Crippen molar-refractivity contribution in [3.8, 4) is 0 Å². The number of nitrogens with zero attached hydrogens (tertiary/aromatic N) is 3. The third-order valence-electron chi connectivity index (χ3n) is 7.96. The highest BCUT2D eigenvalue weighted by molar-refractivity contribution is 5.85. The largest absolute Gasteiger partial charge is 0.356 e. The van der Waals surface area contributed by atoms with Crippen molar-refractivity contribution in [2.45, 2.75) is 78.2 Å². The molecule has 1 aromatic heterocycles. The SMILES string of the molecule is CC(C)(C)c1noc2c3c(ccc12)CC(CN1CC2(CCN(C(C)(C)C)CC2)C1)C3. The summed E-state index contributed by atoms with van der Waals surface area (Å²) >= 11 is 0. The van der Waals surface area contributed by atoms with E-state index in [1.54, 1.807) is 0 Å². The van der Waals surface area contributed by atoms with Crippen molar-refractivity contribution in [3.05, 3.63) is 29.0 Å². The molecule has 0 amide bonds. The van der Waals surface area contributed by atoms with Crippen LogP contribution in [-0.4, -0.2) is 53.2 Å². The van der Waals surface area contributed by atoms with Gasteiger partial charge in [-0.2, -0.15) is 0 Å². The number of rotatable bonds is 2. The monoisotopic (exact) mass is 409 g/mol. The topological polar surface area (TPSA) is 32.5 Å². The van der Waals surface area contributed by atoms with Crippen molar-refractivity contribution in [1.29, 1.82) is 0 Å². The van der Waals surface area contributed by atoms with Gasteiger partial charge in [0.15, 0.2) is 5.58 Å². The minimum absolute atomic E-state index is 0.0199. The number of fused-ring (bicyclic) bond motifs is 3. The Morgan fingerprint density at radius 2 is 1.73 bits per heavy atom. The van der Waals surface area contributed by atoms with Crippen LogP contribution in [0.3, 0.4) is 0 Å². The van der Waals surface area contributed by atoms with Crippen LogP contribution in [0.5, 0.6) is 0 Å². The van der Waals surface area contributed by atoms with Crippen LogP contribution >= 0.6 is 0 Å². The Balaban J connectivity index is 1.20. The Hall–Kier alpha value is -1.39. The summed E-state index contributed by atoms with van der Waals surface area (Å²) in [5, 5.41) is 5.67. The Kier molecular flexibility index (Phi) is 4.65. The predicted molar refractivity (Wildman–Crippen MR) is 123 cm³/mol. The van der Waals surface area contributed by atoms with E-state index in [0.29, 0.717) is 11.0 Å². The number of hydrogen-bond donors (Lipinski definition) is 0. The average molecular weight is 410 g/mol. The van der Waals surface area contributed by atoms with Gasteiger partial charge in [-0.15, -0.1) is 0 Å². The molecule has 3 aliphatic rings. The molecule has 1 aromatic carbocycles. The lowest BCUT2D eigenvalue weighted by atomic mass is 9.71. The fourth-order valence-corrected chi connectivity index (χ4v) is 6.22. The Labute approximate surface area is 182 Å². The number of hydrogen-bond acceptors (Lipinski definition) is 4. The summed E-state index contributed by atoms with van der Waals surface area (Å²) in [5.41, 5.74) is 6.00. The Morgan fingerprint density at radius 1 is 1.03 bits per heavy atom. The third kappa shape index (κ3) is 3.50. The molecule has 2 fully saturated rings. The molecule has 2 aliphatic heterocycles. The first-order chi connectivity index (χ1) is 14.0. The second-order valence-electron chi connectivity index (χ2n) is 12.5. The highest BCUT2D eigenvalue weighted by Gasteiger charge is 2.46. The molecule has 0 N–H and O–H groups in total. The van der Waals surface area contributed by atoms with E-state index in [9.17, 15) is 0 Å². The van der Waals surface area contributed by atoms with Gasteiger partial charge in [0, 0.05) is 41.5 Å². The van der Waals surface area contributed by atoms with Gasteiger partial charge in [-0.1, -0.05) is 32.0 Å². The van der Waals surface area contributed by atoms with E-state index in [1.165, 1.54) is 68.5 Å². The van der Waals surface area contributed by atoms with Gasteiger partial charge in [0.2, 0.25) is 0 Å². The highest BCUT2D eigenvalue weighted by Crippen LogP contribution is 2.43. The third-order valence-corrected chi connectivity index (χ3v) is 7.96. The summed E-state index contributed by atoms with van der Waals surface area (Å²) in [6, 6.07) is 4.58. The molecular formula is C26H39N3O. The maximum atomic E-state index is 5.87. The fourth-order valence-electron chi connectivity index (χ4n) is 6.22. The van der Waals surface area contributed by atoms with Crippen molar-refractivity contribution < 1.29 is 4.52 Å². The van der Waals surface area contributed by atoms with Crippen LogP contribution in [0, 0.1) is 11.3 Å². The molecule has 1 aliphatic carbocycles. The zero-order chi connectivity index (χ0) is 21.3. The normalized spacial score (nSPS) is 25.1. The summed E-state index contributed by atoms with van der Waals surface area (Å²) in [4.78, 5) is 5.39. The van der Waals surface area contributed by atoms with Crippen LogP contribution in [0.25, 0.3) is 11.0 Å². The average Bonchev–Trinajstić information content (AvgIpc) is 3.22. The molecule has 164 valence electrons. The molecule has 0 bridgehead atoms. The molecule has 1 atom stereocenters. The molecule has 30 heavy (non-hydrogen) atoms. The summed E-state index contributed by atoms with van der Waals surface area (Å²) in [6.07, 6.45) is 5.09. The van der Waals surface area contributed by atoms with Crippen LogP contribution in [0.4, 0.5) is 0 Å². The summed E-state index contributed by atoms with van der Waals surface area (Å²) < 4.78 is 5.87. The van der Waals surface area contributed by atoms with Gasteiger partial charge >= 0.3 is 0 Å². The number of piperidine rings is 1. The van der Waals surface area contributed by atoms with E-state index in [2.05, 4.69) is 68.6 Å². The number of likely N-dealkylation sites (tertiary alicyclic amines) is 2. The van der Waals surface area contributed by atoms with E-state index < -0.39 is 0 Å². The molecule has 5 rings (SSSR count). The zero-order valence-corrected chi connectivity index (χ0v) is 19.8. The lowest BCUT2D eigenvalue weighted by Crippen LogP contribution is -2.62. The van der Waals surface area contributed by atoms with Crippen LogP contribution < -0.4 is 0 Å². The molecule has 2 aromatic rings. The molecule has 0 radical (unpaired) electrons. The van der Waals surface area contributed by atoms with Crippen LogP contribution in [0.1, 0.15) is 71.2 Å². The van der Waals surface area contributed by atoms with Gasteiger partial charge in [0.1, 0.15) is 0 Å². The van der Waals surface area contributed by atoms with Gasteiger partial charge in [-0.05, 0) is 82.5 Å². The molecule has 2 saturated heterocycles. The predicted octanol–water partition coefficient (Wildman–Crippen LogP) is 5.04. The van der Waals surface area contributed by atoms with Crippen molar-refractivity contribution in [1.82, 2.24) is 15.0 Å². The molecule has 1 spiro atoms. The fraction of sp³-hybridized carbons (Fsp3) is 0.731. The molecule has 4 nitrogen and oxygen atoms in total. The lowest BCUT2D eigenvalue weighted by Gasteiger charge is -2.56. The second-order valence-corrected chi connectivity index (χ2v) is 12.5. The quantitative estimate of drug-likeness (QED) is 0.696. The minimum Gasteiger partial charge on any atom is -0.356 e. The van der Waals surface area contributed by atoms with Crippen LogP contribution in [-0.2, 0) is 18.3 Å². The molecule has 3 heterocycles. The van der Waals surface area contributed by atoms with Gasteiger partial charge in [0.25, 0.3) is 0 Å². The van der Waals surface area contributed by atoms with Gasteiger partial charge in [-0.3, -0.25) is 4.90 Å². The zero-order valence-electron chi connectivity index (χ0n) is 19.8. The molecular weight excluding hydrogens is 370 g/mol. The Morgan fingerprint density at radius 3 is 2.37 bits per heavy atom. The minimum atomic E-state index is 0.0199. The maximum Gasteiger partial charge on any atom is 0.170 e. The number of benzene rings is 1. The van der Waals surface area contributed by atoms with E-state index in [4.69, 9.17) is 4.52 Å². The first kappa shape index (κ1) is 20.5. The maximum absolute atomic E-state index is 5.87. The van der Waals surface area contributed by atoms with Gasteiger partial charge in [-0.25, -0.2) is 0 Å². The highest BCUT2D eigenvalue weighted by atomic mass is 16.5. The van der Waals surface area contributed by atoms with E-state index >= 15 is 0 Å². The van der Waals surface area contributed by atoms with Gasteiger partial charge < -0.3 is 9.42 Å². The van der Waals surface area contributed by atoms with Crippen LogP contribution in [0.2, 0.25) is 0 Å². The lowest BCUT2D eigenvalue weighted by molar-refractivity contribution is -0.0667. The molecule has 4 heteroatoms. The molecule has 0 saturated carbocycles. The summed E-state index contributed by atoms with van der Waals surface area (Å²) in [5.74, 6) is 0.723. The van der Waals surface area contributed by atoms with E-state index in [1.807, 2.05) is 0 Å². The van der Waals surface area contributed by atoms with E-state index in [0.717, 1.165) is 23.6 Å². The van der Waals surface area contributed by atoms with Crippen molar-refractivity contribution >= 4 is 11.0 Å². The van der Waals surface area contributed by atoms with Gasteiger partial charge in [0.05, 0.1) is 5.69 Å². The van der Waals surface area contributed by atoms with Crippen LogP contribution in [0.15, 0.2) is 16.7 Å². The first-order valence-corrected chi connectivity index (χ1v) is 11.9.